The number of halogens is 1. The molecule has 4 heteroatoms. The van der Waals surface area contributed by atoms with Gasteiger partial charge in [0.1, 0.15) is 11.5 Å². The van der Waals surface area contributed by atoms with Gasteiger partial charge < -0.3 is 9.73 Å². The van der Waals surface area contributed by atoms with Crippen molar-refractivity contribution >= 4 is 34.8 Å². The van der Waals surface area contributed by atoms with Crippen molar-refractivity contribution in [2.24, 2.45) is 0 Å². The molecule has 5 rings (SSSR count). The maximum Gasteiger partial charge on any atom is 0.256 e. The summed E-state index contributed by atoms with van der Waals surface area (Å²) in [5, 5.41) is 2.98. The molecule has 0 bridgehead atoms. The number of furan rings is 1. The minimum atomic E-state index is -0.0867. The molecule has 2 heterocycles. The molecular weight excluding hydrogens is 382 g/mol. The van der Waals surface area contributed by atoms with Gasteiger partial charge in [0.25, 0.3) is 5.91 Å². The van der Waals surface area contributed by atoms with E-state index in [1.807, 2.05) is 36.4 Å². The number of carbonyl (C=O) groups excluding carboxylic acids is 1. The molecule has 0 unspecified atom stereocenters. The van der Waals surface area contributed by atoms with Crippen LogP contribution in [0.2, 0.25) is 0 Å². The summed E-state index contributed by atoms with van der Waals surface area (Å²) in [6.45, 7) is 0. The SMILES string of the molecule is O=C1Nc2ccc(CCCl)cc2C1=Cc1oc2c(c1-c1ccccc1)CCCC2. The third-order valence-electron chi connectivity index (χ3n) is 5.79. The van der Waals surface area contributed by atoms with E-state index in [0.717, 1.165) is 65.1 Å². The summed E-state index contributed by atoms with van der Waals surface area (Å²) < 4.78 is 6.32. The van der Waals surface area contributed by atoms with E-state index < -0.39 is 0 Å². The van der Waals surface area contributed by atoms with E-state index in [4.69, 9.17) is 16.0 Å². The number of carbonyl (C=O) groups is 1. The van der Waals surface area contributed by atoms with E-state index in [9.17, 15) is 4.79 Å². The van der Waals surface area contributed by atoms with Crippen molar-refractivity contribution in [2.75, 3.05) is 11.2 Å². The summed E-state index contributed by atoms with van der Waals surface area (Å²) >= 11 is 5.92. The zero-order valence-electron chi connectivity index (χ0n) is 16.1. The zero-order valence-corrected chi connectivity index (χ0v) is 16.9. The lowest BCUT2D eigenvalue weighted by molar-refractivity contribution is -0.110. The van der Waals surface area contributed by atoms with E-state index in [2.05, 4.69) is 23.5 Å². The number of fused-ring (bicyclic) bond motifs is 2. The van der Waals surface area contributed by atoms with Gasteiger partial charge in [0.15, 0.2) is 0 Å². The predicted octanol–water partition coefficient (Wildman–Crippen LogP) is 6.10. The first-order valence-corrected chi connectivity index (χ1v) is 10.7. The molecule has 1 amide bonds. The van der Waals surface area contributed by atoms with Crippen molar-refractivity contribution in [3.05, 3.63) is 76.7 Å². The highest BCUT2D eigenvalue weighted by Crippen LogP contribution is 2.41. The predicted molar refractivity (Wildman–Crippen MR) is 118 cm³/mol. The van der Waals surface area contributed by atoms with E-state index in [1.165, 1.54) is 12.0 Å². The van der Waals surface area contributed by atoms with Crippen LogP contribution in [0.3, 0.4) is 0 Å². The Labute approximate surface area is 175 Å². The number of nitrogens with one attached hydrogen (secondary N) is 1. The van der Waals surface area contributed by atoms with Gasteiger partial charge in [0.05, 0.1) is 5.57 Å². The first kappa shape index (κ1) is 18.3. The molecule has 1 aliphatic heterocycles. The zero-order chi connectivity index (χ0) is 19.8. The third kappa shape index (κ3) is 3.30. The van der Waals surface area contributed by atoms with Gasteiger partial charge in [-0.1, -0.05) is 36.4 Å². The Morgan fingerprint density at radius 1 is 1.07 bits per heavy atom. The largest absolute Gasteiger partial charge is 0.461 e. The Morgan fingerprint density at radius 3 is 2.72 bits per heavy atom. The molecule has 0 fully saturated rings. The van der Waals surface area contributed by atoms with Crippen LogP contribution in [0.1, 0.15) is 41.1 Å². The molecule has 2 aromatic carbocycles. The fourth-order valence-corrected chi connectivity index (χ4v) is 4.60. The highest BCUT2D eigenvalue weighted by Gasteiger charge is 2.28. The van der Waals surface area contributed by atoms with Crippen LogP contribution >= 0.6 is 11.6 Å². The number of alkyl halides is 1. The number of hydrogen-bond acceptors (Lipinski definition) is 2. The van der Waals surface area contributed by atoms with Crippen molar-refractivity contribution < 1.29 is 9.21 Å². The Kier molecular flexibility index (Phi) is 4.76. The molecule has 3 nitrogen and oxygen atoms in total. The Morgan fingerprint density at radius 2 is 1.90 bits per heavy atom. The number of hydrogen-bond donors (Lipinski definition) is 1. The topological polar surface area (TPSA) is 42.2 Å². The minimum absolute atomic E-state index is 0.0867. The number of aryl methyl sites for hydroxylation is 2. The maximum absolute atomic E-state index is 12.7. The molecule has 0 saturated carbocycles. The van der Waals surface area contributed by atoms with Gasteiger partial charge in [0.2, 0.25) is 0 Å². The molecular formula is C25H22ClNO2. The molecule has 1 aliphatic carbocycles. The highest BCUT2D eigenvalue weighted by molar-refractivity contribution is 6.35. The minimum Gasteiger partial charge on any atom is -0.461 e. The van der Waals surface area contributed by atoms with Crippen molar-refractivity contribution in [1.82, 2.24) is 0 Å². The molecule has 29 heavy (non-hydrogen) atoms. The average molecular weight is 404 g/mol. The highest BCUT2D eigenvalue weighted by atomic mass is 35.5. The van der Waals surface area contributed by atoms with Crippen molar-refractivity contribution in [3.63, 3.8) is 0 Å². The Balaban J connectivity index is 1.66. The van der Waals surface area contributed by atoms with Gasteiger partial charge in [-0.3, -0.25) is 4.79 Å². The molecule has 3 aromatic rings. The first-order valence-electron chi connectivity index (χ1n) is 10.2. The summed E-state index contributed by atoms with van der Waals surface area (Å²) in [6.07, 6.45) is 7.01. The molecule has 2 aliphatic rings. The average Bonchev–Trinajstić information content (AvgIpc) is 3.26. The lowest BCUT2D eigenvalue weighted by Gasteiger charge is -2.11. The number of anilines is 1. The Hall–Kier alpha value is -2.78. The van der Waals surface area contributed by atoms with Gasteiger partial charge >= 0.3 is 0 Å². The number of amides is 1. The third-order valence-corrected chi connectivity index (χ3v) is 5.98. The van der Waals surface area contributed by atoms with E-state index in [0.29, 0.717) is 11.5 Å². The lowest BCUT2D eigenvalue weighted by Crippen LogP contribution is -2.03. The van der Waals surface area contributed by atoms with Gasteiger partial charge in [-0.15, -0.1) is 11.6 Å². The van der Waals surface area contributed by atoms with Crippen molar-refractivity contribution in [3.8, 4) is 11.1 Å². The monoisotopic (exact) mass is 403 g/mol. The maximum atomic E-state index is 12.7. The molecule has 1 aromatic heterocycles. The second-order valence-corrected chi connectivity index (χ2v) is 8.03. The lowest BCUT2D eigenvalue weighted by atomic mass is 9.91. The molecule has 1 N–H and O–H groups in total. The smallest absolute Gasteiger partial charge is 0.256 e. The summed E-state index contributed by atoms with van der Waals surface area (Å²) in [4.78, 5) is 12.7. The molecule has 0 atom stereocenters. The summed E-state index contributed by atoms with van der Waals surface area (Å²) in [6, 6.07) is 16.4. The van der Waals surface area contributed by atoms with Gasteiger partial charge in [-0.2, -0.15) is 0 Å². The van der Waals surface area contributed by atoms with Crippen molar-refractivity contribution in [2.45, 2.75) is 32.1 Å². The quantitative estimate of drug-likeness (QED) is 0.422. The van der Waals surface area contributed by atoms with Crippen LogP contribution in [-0.4, -0.2) is 11.8 Å². The van der Waals surface area contributed by atoms with E-state index in [-0.39, 0.29) is 5.91 Å². The summed E-state index contributed by atoms with van der Waals surface area (Å²) in [5.74, 6) is 2.32. The molecule has 0 saturated heterocycles. The van der Waals surface area contributed by atoms with Crippen LogP contribution < -0.4 is 5.32 Å². The summed E-state index contributed by atoms with van der Waals surface area (Å²) in [7, 11) is 0. The van der Waals surface area contributed by atoms with Crippen LogP contribution in [0.15, 0.2) is 52.9 Å². The second kappa shape index (κ2) is 7.57. The van der Waals surface area contributed by atoms with Gasteiger partial charge in [-0.05, 0) is 55.0 Å². The van der Waals surface area contributed by atoms with Crippen LogP contribution in [0.25, 0.3) is 22.8 Å². The number of benzene rings is 2. The molecule has 0 spiro atoms. The van der Waals surface area contributed by atoms with Crippen LogP contribution in [-0.2, 0) is 24.1 Å². The van der Waals surface area contributed by atoms with E-state index >= 15 is 0 Å². The van der Waals surface area contributed by atoms with Crippen LogP contribution in [0.5, 0.6) is 0 Å². The Bertz CT molecular complexity index is 1110. The van der Waals surface area contributed by atoms with E-state index in [1.54, 1.807) is 0 Å². The molecule has 0 radical (unpaired) electrons. The fourth-order valence-electron chi connectivity index (χ4n) is 4.38. The van der Waals surface area contributed by atoms with Gasteiger partial charge in [-0.25, -0.2) is 0 Å². The standard InChI is InChI=1S/C25H22ClNO2/c26-13-12-16-10-11-21-19(14-16)20(25(28)27-21)15-23-24(17-6-2-1-3-7-17)18-8-4-5-9-22(18)29-23/h1-3,6-7,10-11,14-15H,4-5,8-9,12-13H2,(H,27,28). The number of rotatable bonds is 4. The van der Waals surface area contributed by atoms with Crippen LogP contribution in [0.4, 0.5) is 5.69 Å². The summed E-state index contributed by atoms with van der Waals surface area (Å²) in [5.41, 5.74) is 7.11. The first-order chi connectivity index (χ1) is 14.2. The van der Waals surface area contributed by atoms with Gasteiger partial charge in [0, 0.05) is 34.7 Å². The second-order valence-electron chi connectivity index (χ2n) is 7.65. The van der Waals surface area contributed by atoms with Crippen molar-refractivity contribution in [1.29, 1.82) is 0 Å². The van der Waals surface area contributed by atoms with Crippen LogP contribution in [0, 0.1) is 0 Å². The fraction of sp³-hybridized carbons (Fsp3) is 0.240. The molecule has 146 valence electrons. The normalized spacial score (nSPS) is 16.6.